The van der Waals surface area contributed by atoms with E-state index in [1.54, 1.807) is 0 Å². The SMILES string of the molecule is C#CCOP(=S)(OCC(C)C)OCC(C)C. The molecule has 0 aromatic rings. The summed E-state index contributed by atoms with van der Waals surface area (Å²) in [5.74, 6) is 3.15. The second kappa shape index (κ2) is 8.22. The number of rotatable bonds is 8. The summed E-state index contributed by atoms with van der Waals surface area (Å²) in [6, 6.07) is 0. The van der Waals surface area contributed by atoms with E-state index in [0.29, 0.717) is 25.0 Å². The highest BCUT2D eigenvalue weighted by Crippen LogP contribution is 2.50. The molecule has 0 saturated heterocycles. The summed E-state index contributed by atoms with van der Waals surface area (Å²) in [5.41, 5.74) is 0. The molecule has 0 N–H and O–H groups in total. The van der Waals surface area contributed by atoms with E-state index in [1.807, 2.05) is 27.7 Å². The molecule has 16 heavy (non-hydrogen) atoms. The van der Waals surface area contributed by atoms with Crippen LogP contribution in [0.1, 0.15) is 27.7 Å². The van der Waals surface area contributed by atoms with Gasteiger partial charge in [-0.05, 0) is 23.6 Å². The van der Waals surface area contributed by atoms with Crippen molar-refractivity contribution in [3.8, 4) is 12.3 Å². The smallest absolute Gasteiger partial charge is 0.308 e. The van der Waals surface area contributed by atoms with Crippen molar-refractivity contribution < 1.29 is 13.6 Å². The molecule has 0 aliphatic heterocycles. The van der Waals surface area contributed by atoms with Crippen molar-refractivity contribution in [3.63, 3.8) is 0 Å². The third kappa shape index (κ3) is 8.27. The summed E-state index contributed by atoms with van der Waals surface area (Å²) in [6.07, 6.45) is 5.13. The van der Waals surface area contributed by atoms with E-state index >= 15 is 0 Å². The predicted octanol–water partition coefficient (Wildman–Crippen LogP) is 3.21. The molecular formula is C11H21O3PS. The Labute approximate surface area is 104 Å². The maximum absolute atomic E-state index is 5.53. The average Bonchev–Trinajstić information content (AvgIpc) is 2.21. The van der Waals surface area contributed by atoms with Gasteiger partial charge >= 0.3 is 6.72 Å². The predicted molar refractivity (Wildman–Crippen MR) is 70.7 cm³/mol. The van der Waals surface area contributed by atoms with E-state index in [2.05, 4.69) is 5.92 Å². The average molecular weight is 264 g/mol. The molecule has 0 bridgehead atoms. The first-order valence-electron chi connectivity index (χ1n) is 5.36. The van der Waals surface area contributed by atoms with Crippen LogP contribution >= 0.6 is 6.72 Å². The highest BCUT2D eigenvalue weighted by Gasteiger charge is 2.21. The molecule has 0 aliphatic rings. The maximum atomic E-state index is 5.53. The molecule has 0 amide bonds. The van der Waals surface area contributed by atoms with Crippen LogP contribution in [-0.4, -0.2) is 19.8 Å². The Hall–Kier alpha value is 0.0900. The fraction of sp³-hybridized carbons (Fsp3) is 0.818. The molecule has 0 unspecified atom stereocenters. The molecule has 5 heteroatoms. The minimum atomic E-state index is -2.65. The molecule has 0 saturated carbocycles. The van der Waals surface area contributed by atoms with Gasteiger partial charge in [-0.2, -0.15) is 0 Å². The summed E-state index contributed by atoms with van der Waals surface area (Å²) < 4.78 is 16.4. The molecule has 0 aromatic heterocycles. The van der Waals surface area contributed by atoms with Crippen LogP contribution in [0.4, 0.5) is 0 Å². The normalized spacial score (nSPS) is 12.1. The van der Waals surface area contributed by atoms with Crippen LogP contribution in [0.25, 0.3) is 0 Å². The summed E-state index contributed by atoms with van der Waals surface area (Å²) >= 11 is 5.25. The van der Waals surface area contributed by atoms with Crippen molar-refractivity contribution in [2.75, 3.05) is 19.8 Å². The van der Waals surface area contributed by atoms with Crippen molar-refractivity contribution in [1.29, 1.82) is 0 Å². The molecule has 0 heterocycles. The van der Waals surface area contributed by atoms with Gasteiger partial charge in [-0.25, -0.2) is 0 Å². The summed E-state index contributed by atoms with van der Waals surface area (Å²) in [5, 5.41) is 0. The van der Waals surface area contributed by atoms with Crippen molar-refractivity contribution in [2.24, 2.45) is 11.8 Å². The van der Waals surface area contributed by atoms with E-state index in [0.717, 1.165) is 0 Å². The second-order valence-electron chi connectivity index (χ2n) is 4.30. The number of hydrogen-bond donors (Lipinski definition) is 0. The lowest BCUT2D eigenvalue weighted by atomic mass is 10.2. The Morgan fingerprint density at radius 1 is 1.06 bits per heavy atom. The van der Waals surface area contributed by atoms with Crippen LogP contribution in [0.5, 0.6) is 0 Å². The minimum Gasteiger partial charge on any atom is -0.308 e. The van der Waals surface area contributed by atoms with Crippen molar-refractivity contribution in [3.05, 3.63) is 0 Å². The lowest BCUT2D eigenvalue weighted by Gasteiger charge is -2.22. The summed E-state index contributed by atoms with van der Waals surface area (Å²) in [7, 11) is 0. The Kier molecular flexibility index (Phi) is 8.27. The first kappa shape index (κ1) is 16.1. The van der Waals surface area contributed by atoms with Crippen LogP contribution in [0.3, 0.4) is 0 Å². The quantitative estimate of drug-likeness (QED) is 0.497. The lowest BCUT2D eigenvalue weighted by molar-refractivity contribution is 0.144. The van der Waals surface area contributed by atoms with E-state index in [1.165, 1.54) is 0 Å². The molecule has 94 valence electrons. The topological polar surface area (TPSA) is 27.7 Å². The summed E-state index contributed by atoms with van der Waals surface area (Å²) in [4.78, 5) is 0. The van der Waals surface area contributed by atoms with Crippen molar-refractivity contribution in [1.82, 2.24) is 0 Å². The first-order chi connectivity index (χ1) is 7.39. The largest absolute Gasteiger partial charge is 0.328 e. The van der Waals surface area contributed by atoms with Crippen LogP contribution < -0.4 is 0 Å². The van der Waals surface area contributed by atoms with Crippen LogP contribution in [0.15, 0.2) is 0 Å². The van der Waals surface area contributed by atoms with Gasteiger partial charge in [-0.1, -0.05) is 33.6 Å². The van der Waals surface area contributed by atoms with Gasteiger partial charge in [0.05, 0.1) is 13.2 Å². The highest BCUT2D eigenvalue weighted by atomic mass is 32.5. The third-order valence-electron chi connectivity index (χ3n) is 1.44. The van der Waals surface area contributed by atoms with Gasteiger partial charge < -0.3 is 9.05 Å². The number of terminal acetylenes is 1. The Morgan fingerprint density at radius 2 is 1.50 bits per heavy atom. The Morgan fingerprint density at radius 3 is 1.81 bits per heavy atom. The molecule has 0 aromatic carbocycles. The van der Waals surface area contributed by atoms with E-state index in [4.69, 9.17) is 31.8 Å². The molecule has 0 rings (SSSR count). The maximum Gasteiger partial charge on any atom is 0.328 e. The van der Waals surface area contributed by atoms with Crippen molar-refractivity contribution >= 4 is 18.5 Å². The lowest BCUT2D eigenvalue weighted by Crippen LogP contribution is -2.08. The first-order valence-corrected chi connectivity index (χ1v) is 7.92. The fourth-order valence-electron chi connectivity index (χ4n) is 0.709. The fourth-order valence-corrected chi connectivity index (χ4v) is 2.65. The highest BCUT2D eigenvalue weighted by molar-refractivity contribution is 8.07. The molecular weight excluding hydrogens is 243 g/mol. The van der Waals surface area contributed by atoms with E-state index < -0.39 is 6.72 Å². The molecule has 0 atom stereocenters. The molecule has 0 fully saturated rings. The Balaban J connectivity index is 4.25. The van der Waals surface area contributed by atoms with Gasteiger partial charge in [-0.15, -0.1) is 6.42 Å². The molecule has 0 aliphatic carbocycles. The second-order valence-corrected chi connectivity index (χ2v) is 7.31. The molecule has 3 nitrogen and oxygen atoms in total. The van der Waals surface area contributed by atoms with E-state index in [9.17, 15) is 0 Å². The van der Waals surface area contributed by atoms with Gasteiger partial charge in [-0.3, -0.25) is 4.52 Å². The Bertz CT molecular complexity index is 255. The molecule has 0 radical (unpaired) electrons. The zero-order valence-electron chi connectivity index (χ0n) is 10.4. The van der Waals surface area contributed by atoms with Gasteiger partial charge in [0.25, 0.3) is 0 Å². The molecule has 0 spiro atoms. The minimum absolute atomic E-state index is 0.132. The zero-order valence-corrected chi connectivity index (χ0v) is 12.1. The standard InChI is InChI=1S/C11H21O3PS/c1-6-7-12-15(16,13-8-10(2)3)14-9-11(4)5/h1,10-11H,7-9H2,2-5H3. The van der Waals surface area contributed by atoms with Gasteiger partial charge in [0, 0.05) is 0 Å². The van der Waals surface area contributed by atoms with Gasteiger partial charge in [0.1, 0.15) is 6.61 Å². The van der Waals surface area contributed by atoms with Crippen LogP contribution in [-0.2, 0) is 25.4 Å². The zero-order chi connectivity index (χ0) is 12.6. The summed E-state index contributed by atoms with van der Waals surface area (Å²) in [6.45, 7) is 6.71. The van der Waals surface area contributed by atoms with Crippen molar-refractivity contribution in [2.45, 2.75) is 27.7 Å². The van der Waals surface area contributed by atoms with Crippen LogP contribution in [0, 0.1) is 24.2 Å². The number of hydrogen-bond acceptors (Lipinski definition) is 4. The third-order valence-corrected chi connectivity index (χ3v) is 3.76. The van der Waals surface area contributed by atoms with Gasteiger partial charge in [0.2, 0.25) is 0 Å². The van der Waals surface area contributed by atoms with E-state index in [-0.39, 0.29) is 6.61 Å². The monoisotopic (exact) mass is 264 g/mol. The van der Waals surface area contributed by atoms with Crippen LogP contribution in [0.2, 0.25) is 0 Å². The van der Waals surface area contributed by atoms with Gasteiger partial charge in [0.15, 0.2) is 0 Å².